The third kappa shape index (κ3) is 4.23. The Balaban J connectivity index is 1.66. The van der Waals surface area contributed by atoms with Crippen molar-refractivity contribution in [3.63, 3.8) is 0 Å². The van der Waals surface area contributed by atoms with E-state index >= 15 is 0 Å². The Kier molecular flexibility index (Phi) is 5.41. The van der Waals surface area contributed by atoms with E-state index < -0.39 is 0 Å². The number of hydrogen-bond acceptors (Lipinski definition) is 3. The number of likely N-dealkylation sites (N-methyl/N-ethyl adjacent to an activating group) is 1. The third-order valence-corrected chi connectivity index (χ3v) is 3.77. The molecule has 1 amide bonds. The van der Waals surface area contributed by atoms with Crippen LogP contribution in [0.2, 0.25) is 0 Å². The maximum Gasteiger partial charge on any atom is 0.222 e. The minimum absolute atomic E-state index is 0.214. The number of rotatable bonds is 6. The highest BCUT2D eigenvalue weighted by atomic mass is 16.5. The fraction of sp³-hybridized carbons (Fsp3) is 0.562. The average Bonchev–Trinajstić information content (AvgIpc) is 2.96. The number of carbonyl (C=O) groups excluding carboxylic acids is 1. The van der Waals surface area contributed by atoms with E-state index in [2.05, 4.69) is 5.32 Å². The molecule has 1 atom stereocenters. The Labute approximate surface area is 121 Å². The van der Waals surface area contributed by atoms with Crippen LogP contribution in [0.4, 0.5) is 0 Å². The molecular weight excluding hydrogens is 252 g/mol. The van der Waals surface area contributed by atoms with Crippen LogP contribution in [-0.2, 0) is 4.79 Å². The molecule has 0 radical (unpaired) electrons. The summed E-state index contributed by atoms with van der Waals surface area (Å²) >= 11 is 0. The highest BCUT2D eigenvalue weighted by Gasteiger charge is 2.22. The average molecular weight is 276 g/mol. The molecule has 0 bridgehead atoms. The highest BCUT2D eigenvalue weighted by Crippen LogP contribution is 2.13. The molecule has 20 heavy (non-hydrogen) atoms. The zero-order chi connectivity index (χ0) is 14.4. The Hall–Kier alpha value is -1.55. The van der Waals surface area contributed by atoms with Crippen molar-refractivity contribution in [3.05, 3.63) is 29.8 Å². The Bertz CT molecular complexity index is 442. The number of carbonyl (C=O) groups is 1. The van der Waals surface area contributed by atoms with Crippen molar-refractivity contribution >= 4 is 5.91 Å². The third-order valence-electron chi connectivity index (χ3n) is 3.77. The lowest BCUT2D eigenvalue weighted by Crippen LogP contribution is -2.38. The van der Waals surface area contributed by atoms with Crippen LogP contribution in [0.3, 0.4) is 0 Å². The van der Waals surface area contributed by atoms with E-state index in [1.165, 1.54) is 5.56 Å². The molecule has 1 aromatic rings. The van der Waals surface area contributed by atoms with Gasteiger partial charge in [-0.15, -0.1) is 0 Å². The summed E-state index contributed by atoms with van der Waals surface area (Å²) in [6.07, 6.45) is 2.37. The summed E-state index contributed by atoms with van der Waals surface area (Å²) in [6.45, 7) is 4.56. The number of nitrogens with zero attached hydrogens (tertiary/aromatic N) is 1. The standard InChI is InChI=1S/C16H24N2O2/c1-13-5-3-6-15(11-13)20-10-4-7-16(19)18(2)14-8-9-17-12-14/h3,5-6,11,14,17H,4,7-10,12H2,1-2H3. The van der Waals surface area contributed by atoms with Crippen molar-refractivity contribution in [3.8, 4) is 5.75 Å². The molecule has 2 rings (SSSR count). The fourth-order valence-electron chi connectivity index (χ4n) is 2.47. The van der Waals surface area contributed by atoms with Gasteiger partial charge in [0.2, 0.25) is 5.91 Å². The van der Waals surface area contributed by atoms with Gasteiger partial charge in [0.25, 0.3) is 0 Å². The van der Waals surface area contributed by atoms with E-state index in [1.807, 2.05) is 43.1 Å². The van der Waals surface area contributed by atoms with Gasteiger partial charge in [0.15, 0.2) is 0 Å². The van der Waals surface area contributed by atoms with Crippen LogP contribution in [0.25, 0.3) is 0 Å². The topological polar surface area (TPSA) is 41.6 Å². The molecule has 1 fully saturated rings. The quantitative estimate of drug-likeness (QED) is 0.808. The van der Waals surface area contributed by atoms with Gasteiger partial charge in [-0.1, -0.05) is 12.1 Å². The van der Waals surface area contributed by atoms with Crippen molar-refractivity contribution in [2.45, 2.75) is 32.2 Å². The summed E-state index contributed by atoms with van der Waals surface area (Å²) in [7, 11) is 1.90. The van der Waals surface area contributed by atoms with E-state index in [1.54, 1.807) is 0 Å². The predicted molar refractivity (Wildman–Crippen MR) is 80.0 cm³/mol. The van der Waals surface area contributed by atoms with Gasteiger partial charge in [0.1, 0.15) is 5.75 Å². The van der Waals surface area contributed by atoms with Gasteiger partial charge in [0, 0.05) is 26.1 Å². The first-order valence-electron chi connectivity index (χ1n) is 7.32. The van der Waals surface area contributed by atoms with Crippen LogP contribution >= 0.6 is 0 Å². The SMILES string of the molecule is Cc1cccc(OCCCC(=O)N(C)C2CCNC2)c1. The van der Waals surface area contributed by atoms with Crippen LogP contribution in [-0.4, -0.2) is 43.6 Å². The first kappa shape index (κ1) is 14.9. The monoisotopic (exact) mass is 276 g/mol. The molecule has 1 N–H and O–H groups in total. The van der Waals surface area contributed by atoms with Crippen LogP contribution < -0.4 is 10.1 Å². The van der Waals surface area contributed by atoms with Gasteiger partial charge < -0.3 is 15.0 Å². The van der Waals surface area contributed by atoms with Crippen molar-refractivity contribution in [1.82, 2.24) is 10.2 Å². The van der Waals surface area contributed by atoms with Gasteiger partial charge in [-0.3, -0.25) is 4.79 Å². The second kappa shape index (κ2) is 7.29. The summed E-state index contributed by atoms with van der Waals surface area (Å²) < 4.78 is 5.66. The van der Waals surface area contributed by atoms with E-state index in [4.69, 9.17) is 4.74 Å². The molecule has 110 valence electrons. The summed E-state index contributed by atoms with van der Waals surface area (Å²) in [5.74, 6) is 1.09. The largest absolute Gasteiger partial charge is 0.494 e. The minimum Gasteiger partial charge on any atom is -0.494 e. The number of ether oxygens (including phenoxy) is 1. The number of nitrogens with one attached hydrogen (secondary N) is 1. The molecule has 0 aromatic heterocycles. The highest BCUT2D eigenvalue weighted by molar-refractivity contribution is 5.76. The zero-order valence-electron chi connectivity index (χ0n) is 12.4. The molecule has 1 aromatic carbocycles. The van der Waals surface area contributed by atoms with Gasteiger partial charge in [-0.05, 0) is 44.0 Å². The van der Waals surface area contributed by atoms with Gasteiger partial charge >= 0.3 is 0 Å². The second-order valence-electron chi connectivity index (χ2n) is 5.42. The first-order valence-corrected chi connectivity index (χ1v) is 7.32. The summed E-state index contributed by atoms with van der Waals surface area (Å²) in [4.78, 5) is 13.9. The first-order chi connectivity index (χ1) is 9.66. The Morgan fingerprint density at radius 2 is 2.35 bits per heavy atom. The van der Waals surface area contributed by atoms with Gasteiger partial charge in [-0.2, -0.15) is 0 Å². The molecule has 1 heterocycles. The molecule has 0 saturated carbocycles. The second-order valence-corrected chi connectivity index (χ2v) is 5.42. The minimum atomic E-state index is 0.214. The van der Waals surface area contributed by atoms with Gasteiger partial charge in [0.05, 0.1) is 6.61 Å². The van der Waals surface area contributed by atoms with Crippen molar-refractivity contribution in [2.75, 3.05) is 26.7 Å². The number of amides is 1. The fourth-order valence-corrected chi connectivity index (χ4v) is 2.47. The molecule has 1 aliphatic heterocycles. The van der Waals surface area contributed by atoms with Crippen LogP contribution in [0.15, 0.2) is 24.3 Å². The molecule has 1 aliphatic rings. The normalized spacial score (nSPS) is 18.0. The Morgan fingerprint density at radius 1 is 1.50 bits per heavy atom. The van der Waals surface area contributed by atoms with Crippen molar-refractivity contribution in [2.24, 2.45) is 0 Å². The van der Waals surface area contributed by atoms with Gasteiger partial charge in [-0.25, -0.2) is 0 Å². The smallest absolute Gasteiger partial charge is 0.222 e. The molecule has 4 heteroatoms. The lowest BCUT2D eigenvalue weighted by atomic mass is 10.2. The van der Waals surface area contributed by atoms with E-state index in [9.17, 15) is 4.79 Å². The number of benzene rings is 1. The lowest BCUT2D eigenvalue weighted by Gasteiger charge is -2.23. The lowest BCUT2D eigenvalue weighted by molar-refractivity contribution is -0.131. The molecule has 1 unspecified atom stereocenters. The maximum atomic E-state index is 12.0. The zero-order valence-corrected chi connectivity index (χ0v) is 12.4. The van der Waals surface area contributed by atoms with Crippen LogP contribution in [0.5, 0.6) is 5.75 Å². The molecular formula is C16H24N2O2. The number of hydrogen-bond donors (Lipinski definition) is 1. The van der Waals surface area contributed by atoms with E-state index in [-0.39, 0.29) is 5.91 Å². The molecule has 1 saturated heterocycles. The van der Waals surface area contributed by atoms with Crippen LogP contribution in [0, 0.1) is 6.92 Å². The summed E-state index contributed by atoms with van der Waals surface area (Å²) in [5.41, 5.74) is 1.19. The summed E-state index contributed by atoms with van der Waals surface area (Å²) in [5, 5.41) is 3.28. The van der Waals surface area contributed by atoms with Crippen LogP contribution in [0.1, 0.15) is 24.8 Å². The molecule has 4 nitrogen and oxygen atoms in total. The molecule has 0 aliphatic carbocycles. The van der Waals surface area contributed by atoms with Crippen molar-refractivity contribution in [1.29, 1.82) is 0 Å². The summed E-state index contributed by atoms with van der Waals surface area (Å²) in [6, 6.07) is 8.35. The maximum absolute atomic E-state index is 12.0. The van der Waals surface area contributed by atoms with E-state index in [0.717, 1.165) is 31.7 Å². The Morgan fingerprint density at radius 3 is 3.05 bits per heavy atom. The number of aryl methyl sites for hydroxylation is 1. The van der Waals surface area contributed by atoms with E-state index in [0.29, 0.717) is 19.1 Å². The van der Waals surface area contributed by atoms with Crippen molar-refractivity contribution < 1.29 is 9.53 Å². The predicted octanol–water partition coefficient (Wildman–Crippen LogP) is 1.97. The molecule has 0 spiro atoms.